The summed E-state index contributed by atoms with van der Waals surface area (Å²) in [6, 6.07) is 6.76. The summed E-state index contributed by atoms with van der Waals surface area (Å²) in [4.78, 5) is 8.32. The second kappa shape index (κ2) is 5.63. The Balaban J connectivity index is 2.08. The maximum absolute atomic E-state index is 6.11. The van der Waals surface area contributed by atoms with Gasteiger partial charge in [-0.2, -0.15) is 4.98 Å². The van der Waals surface area contributed by atoms with E-state index in [0.29, 0.717) is 32.8 Å². The number of halogens is 3. The molecule has 5 nitrogen and oxygen atoms in total. The molecule has 8 heteroatoms. The summed E-state index contributed by atoms with van der Waals surface area (Å²) >= 11 is 15.4. The second-order valence-electron chi connectivity index (χ2n) is 4.13. The minimum absolute atomic E-state index is 0.261. The highest BCUT2D eigenvalue weighted by atomic mass is 79.9. The van der Waals surface area contributed by atoms with Crippen molar-refractivity contribution in [3.8, 4) is 22.8 Å². The molecule has 0 saturated heterocycles. The summed E-state index contributed by atoms with van der Waals surface area (Å²) in [7, 11) is 0. The summed E-state index contributed by atoms with van der Waals surface area (Å²) in [5.74, 6) is 0.895. The first kappa shape index (κ1) is 14.3. The fourth-order valence-electron chi connectivity index (χ4n) is 1.73. The lowest BCUT2D eigenvalue weighted by Gasteiger charge is -2.00. The van der Waals surface area contributed by atoms with Gasteiger partial charge >= 0.3 is 0 Å². The van der Waals surface area contributed by atoms with E-state index in [0.717, 1.165) is 4.47 Å². The van der Waals surface area contributed by atoms with Crippen LogP contribution in [0, 0.1) is 0 Å². The van der Waals surface area contributed by atoms with Crippen molar-refractivity contribution in [2.24, 2.45) is 0 Å². The van der Waals surface area contributed by atoms with Crippen LogP contribution in [-0.4, -0.2) is 15.1 Å². The van der Waals surface area contributed by atoms with Crippen molar-refractivity contribution >= 4 is 44.9 Å². The highest BCUT2D eigenvalue weighted by molar-refractivity contribution is 9.10. The van der Waals surface area contributed by atoms with Gasteiger partial charge in [0.2, 0.25) is 5.82 Å². The number of anilines is 1. The topological polar surface area (TPSA) is 77.8 Å². The third-order valence-electron chi connectivity index (χ3n) is 2.71. The van der Waals surface area contributed by atoms with Crippen LogP contribution in [-0.2, 0) is 0 Å². The molecule has 3 rings (SSSR count). The molecule has 3 aromatic rings. The molecule has 0 aliphatic rings. The molecule has 0 saturated carbocycles. The lowest BCUT2D eigenvalue weighted by Crippen LogP contribution is -1.94. The quantitative estimate of drug-likeness (QED) is 0.704. The van der Waals surface area contributed by atoms with Crippen LogP contribution in [0.4, 0.5) is 5.82 Å². The van der Waals surface area contributed by atoms with Gasteiger partial charge in [0.25, 0.3) is 5.89 Å². The van der Waals surface area contributed by atoms with Crippen molar-refractivity contribution in [3.63, 3.8) is 0 Å². The highest BCUT2D eigenvalue weighted by Crippen LogP contribution is 2.32. The number of pyridine rings is 1. The van der Waals surface area contributed by atoms with Gasteiger partial charge in [-0.05, 0) is 40.2 Å². The third kappa shape index (κ3) is 2.88. The summed E-state index contributed by atoms with van der Waals surface area (Å²) in [5, 5.41) is 4.90. The molecule has 0 aliphatic carbocycles. The van der Waals surface area contributed by atoms with E-state index in [-0.39, 0.29) is 5.89 Å². The normalized spacial score (nSPS) is 10.8. The average Bonchev–Trinajstić information content (AvgIpc) is 2.93. The van der Waals surface area contributed by atoms with Crippen molar-refractivity contribution in [2.75, 3.05) is 5.73 Å². The molecule has 106 valence electrons. The van der Waals surface area contributed by atoms with Gasteiger partial charge in [0.15, 0.2) is 0 Å². The van der Waals surface area contributed by atoms with Crippen LogP contribution in [0.5, 0.6) is 0 Å². The van der Waals surface area contributed by atoms with Crippen molar-refractivity contribution in [2.45, 2.75) is 0 Å². The van der Waals surface area contributed by atoms with Gasteiger partial charge < -0.3 is 10.3 Å². The fourth-order valence-corrected chi connectivity index (χ4v) is 2.43. The van der Waals surface area contributed by atoms with Gasteiger partial charge in [-0.25, -0.2) is 4.98 Å². The standard InChI is InChI=1S/C13H7BrCl2N4O/c14-6-3-9(11(17)18-5-6)12-19-13(21-20-12)8-4-7(15)1-2-10(8)16/h1-5H,(H2,17,18). The van der Waals surface area contributed by atoms with Gasteiger partial charge in [0.05, 0.1) is 16.1 Å². The number of hydrogen-bond acceptors (Lipinski definition) is 5. The molecule has 0 spiro atoms. The van der Waals surface area contributed by atoms with Crippen LogP contribution in [0.25, 0.3) is 22.8 Å². The molecule has 0 unspecified atom stereocenters. The van der Waals surface area contributed by atoms with Gasteiger partial charge in [-0.3, -0.25) is 0 Å². The van der Waals surface area contributed by atoms with Gasteiger partial charge in [-0.15, -0.1) is 0 Å². The Morgan fingerprint density at radius 3 is 2.76 bits per heavy atom. The summed E-state index contributed by atoms with van der Waals surface area (Å²) in [5.41, 5.74) is 6.95. The predicted molar refractivity (Wildman–Crippen MR) is 85.1 cm³/mol. The summed E-state index contributed by atoms with van der Waals surface area (Å²) < 4.78 is 6.00. The number of rotatable bonds is 2. The van der Waals surface area contributed by atoms with E-state index in [4.69, 9.17) is 33.5 Å². The second-order valence-corrected chi connectivity index (χ2v) is 5.89. The monoisotopic (exact) mass is 384 g/mol. The van der Waals surface area contributed by atoms with E-state index in [9.17, 15) is 0 Å². The van der Waals surface area contributed by atoms with Gasteiger partial charge in [0, 0.05) is 15.7 Å². The first-order chi connectivity index (χ1) is 10.0. The van der Waals surface area contributed by atoms with E-state index in [1.54, 1.807) is 30.5 Å². The first-order valence-electron chi connectivity index (χ1n) is 5.75. The fraction of sp³-hybridized carbons (Fsp3) is 0. The molecule has 0 radical (unpaired) electrons. The lowest BCUT2D eigenvalue weighted by molar-refractivity contribution is 0.432. The van der Waals surface area contributed by atoms with Crippen LogP contribution >= 0.6 is 39.1 Å². The Hall–Kier alpha value is -1.63. The molecule has 0 bridgehead atoms. The predicted octanol–water partition coefficient (Wildman–Crippen LogP) is 4.45. The minimum atomic E-state index is 0.261. The number of aromatic nitrogens is 3. The molecule has 2 N–H and O–H groups in total. The Morgan fingerprint density at radius 2 is 1.95 bits per heavy atom. The van der Waals surface area contributed by atoms with Crippen LogP contribution in [0.1, 0.15) is 0 Å². The van der Waals surface area contributed by atoms with E-state index in [1.165, 1.54) is 0 Å². The zero-order valence-electron chi connectivity index (χ0n) is 10.3. The minimum Gasteiger partial charge on any atom is -0.383 e. The van der Waals surface area contributed by atoms with E-state index >= 15 is 0 Å². The van der Waals surface area contributed by atoms with Crippen LogP contribution in [0.2, 0.25) is 10.0 Å². The maximum Gasteiger partial charge on any atom is 0.259 e. The molecule has 0 atom stereocenters. The van der Waals surface area contributed by atoms with Crippen molar-refractivity contribution in [1.29, 1.82) is 0 Å². The molecule has 0 fully saturated rings. The van der Waals surface area contributed by atoms with Crippen LogP contribution in [0.15, 0.2) is 39.5 Å². The summed E-state index contributed by atoms with van der Waals surface area (Å²) in [6.07, 6.45) is 1.59. The Labute approximate surface area is 138 Å². The zero-order valence-corrected chi connectivity index (χ0v) is 13.4. The molecular formula is C13H7BrCl2N4O. The van der Waals surface area contributed by atoms with Crippen molar-refractivity contribution < 1.29 is 4.52 Å². The molecule has 2 aromatic heterocycles. The number of nitrogens with zero attached hydrogens (tertiary/aromatic N) is 3. The number of benzene rings is 1. The number of nitrogens with two attached hydrogens (primary N) is 1. The Morgan fingerprint density at radius 1 is 1.14 bits per heavy atom. The Bertz CT molecular complexity index is 756. The molecule has 0 amide bonds. The van der Waals surface area contributed by atoms with E-state index < -0.39 is 0 Å². The van der Waals surface area contributed by atoms with E-state index in [2.05, 4.69) is 31.1 Å². The molecule has 2 heterocycles. The smallest absolute Gasteiger partial charge is 0.259 e. The van der Waals surface area contributed by atoms with Gasteiger partial charge in [-0.1, -0.05) is 28.4 Å². The van der Waals surface area contributed by atoms with Crippen molar-refractivity contribution in [3.05, 3.63) is 45.0 Å². The van der Waals surface area contributed by atoms with Gasteiger partial charge in [0.1, 0.15) is 5.82 Å². The molecule has 1 aromatic carbocycles. The number of hydrogen-bond donors (Lipinski definition) is 1. The molecular weight excluding hydrogens is 379 g/mol. The van der Waals surface area contributed by atoms with Crippen LogP contribution < -0.4 is 5.73 Å². The lowest BCUT2D eigenvalue weighted by atomic mass is 10.2. The molecule has 0 aliphatic heterocycles. The Kier molecular flexibility index (Phi) is 3.84. The highest BCUT2D eigenvalue weighted by Gasteiger charge is 2.16. The molecule has 21 heavy (non-hydrogen) atoms. The van der Waals surface area contributed by atoms with Crippen LogP contribution in [0.3, 0.4) is 0 Å². The van der Waals surface area contributed by atoms with E-state index in [1.807, 2.05) is 0 Å². The van der Waals surface area contributed by atoms with Crippen molar-refractivity contribution in [1.82, 2.24) is 15.1 Å². The SMILES string of the molecule is Nc1ncc(Br)cc1-c1noc(-c2cc(Cl)ccc2Cl)n1. The summed E-state index contributed by atoms with van der Waals surface area (Å²) in [6.45, 7) is 0. The first-order valence-corrected chi connectivity index (χ1v) is 7.30. The largest absolute Gasteiger partial charge is 0.383 e. The maximum atomic E-state index is 6.11. The average molecular weight is 386 g/mol. The third-order valence-corrected chi connectivity index (χ3v) is 3.71. The zero-order chi connectivity index (χ0) is 15.0. The number of nitrogen functional groups attached to an aromatic ring is 1.